The number of ether oxygens (including phenoxy) is 2. The molecule has 0 spiro atoms. The van der Waals surface area contributed by atoms with E-state index < -0.39 is 24.7 Å². The highest BCUT2D eigenvalue weighted by molar-refractivity contribution is 6.02. The van der Waals surface area contributed by atoms with Gasteiger partial charge >= 0.3 is 12.1 Å². The second-order valence-electron chi connectivity index (χ2n) is 7.64. The Kier molecular flexibility index (Phi) is 6.35. The number of Topliss-reactive ketones (excluding diaryl/α,β-unsaturated/α-hetero) is 1. The van der Waals surface area contributed by atoms with Crippen molar-refractivity contribution in [1.82, 2.24) is 4.90 Å². The number of ketones is 1. The number of likely N-dealkylation sites (tertiary alicyclic amines) is 1. The van der Waals surface area contributed by atoms with Crippen LogP contribution in [-0.2, 0) is 20.9 Å². The average molecular weight is 433 g/mol. The molecule has 32 heavy (non-hydrogen) atoms. The molecule has 3 aromatic carbocycles. The van der Waals surface area contributed by atoms with Gasteiger partial charge in [0, 0.05) is 17.5 Å². The third kappa shape index (κ3) is 4.72. The highest BCUT2D eigenvalue weighted by Crippen LogP contribution is 2.25. The number of aromatic hydroxyl groups is 1. The van der Waals surface area contributed by atoms with Crippen LogP contribution in [0.2, 0.25) is 0 Å². The Balaban J connectivity index is 1.33. The number of hydrogen-bond acceptors (Lipinski definition) is 6. The van der Waals surface area contributed by atoms with Crippen molar-refractivity contribution in [2.24, 2.45) is 0 Å². The van der Waals surface area contributed by atoms with E-state index in [4.69, 9.17) is 9.47 Å². The zero-order chi connectivity index (χ0) is 22.5. The minimum absolute atomic E-state index is 0.119. The summed E-state index contributed by atoms with van der Waals surface area (Å²) in [6.07, 6.45) is 0.541. The summed E-state index contributed by atoms with van der Waals surface area (Å²) in [6, 6.07) is 18.5. The number of rotatable bonds is 6. The second-order valence-corrected chi connectivity index (χ2v) is 7.64. The van der Waals surface area contributed by atoms with Gasteiger partial charge in [0.05, 0.1) is 0 Å². The van der Waals surface area contributed by atoms with Crippen molar-refractivity contribution in [2.75, 3.05) is 13.2 Å². The molecular weight excluding hydrogens is 410 g/mol. The number of carbonyl (C=O) groups is 3. The van der Waals surface area contributed by atoms with Crippen LogP contribution in [0.5, 0.6) is 5.75 Å². The topological polar surface area (TPSA) is 93.1 Å². The predicted octanol–water partition coefficient (Wildman–Crippen LogP) is 4.07. The summed E-state index contributed by atoms with van der Waals surface area (Å²) in [6.45, 7) is 0.0933. The van der Waals surface area contributed by atoms with Crippen LogP contribution in [0.15, 0.2) is 66.7 Å². The summed E-state index contributed by atoms with van der Waals surface area (Å²) >= 11 is 0. The maximum Gasteiger partial charge on any atom is 0.410 e. The number of phenols is 1. The number of benzene rings is 3. The van der Waals surface area contributed by atoms with Crippen LogP contribution in [-0.4, -0.2) is 47.0 Å². The van der Waals surface area contributed by atoms with Gasteiger partial charge in [-0.3, -0.25) is 9.69 Å². The molecule has 4 rings (SSSR count). The normalized spacial score (nSPS) is 15.5. The van der Waals surface area contributed by atoms with Gasteiger partial charge in [0.25, 0.3) is 0 Å². The third-order valence-corrected chi connectivity index (χ3v) is 5.49. The van der Waals surface area contributed by atoms with E-state index >= 15 is 0 Å². The fraction of sp³-hybridized carbons (Fsp3) is 0.240. The summed E-state index contributed by atoms with van der Waals surface area (Å²) in [5.41, 5.74) is 1.23. The quantitative estimate of drug-likeness (QED) is 0.465. The molecule has 164 valence electrons. The molecule has 1 heterocycles. The number of carbonyl (C=O) groups excluding carboxylic acids is 3. The van der Waals surface area contributed by atoms with Crippen LogP contribution in [0.1, 0.15) is 28.8 Å². The summed E-state index contributed by atoms with van der Waals surface area (Å²) in [4.78, 5) is 38.9. The maximum absolute atomic E-state index is 12.6. The van der Waals surface area contributed by atoms with E-state index in [1.807, 2.05) is 30.3 Å². The molecule has 7 nitrogen and oxygen atoms in total. The van der Waals surface area contributed by atoms with E-state index in [-0.39, 0.29) is 18.1 Å². The average Bonchev–Trinajstić information content (AvgIpc) is 3.31. The smallest absolute Gasteiger partial charge is 0.410 e. The number of amides is 1. The van der Waals surface area contributed by atoms with E-state index in [2.05, 4.69) is 0 Å². The van der Waals surface area contributed by atoms with Crippen molar-refractivity contribution in [3.8, 4) is 5.75 Å². The van der Waals surface area contributed by atoms with Gasteiger partial charge in [0.2, 0.25) is 0 Å². The van der Waals surface area contributed by atoms with Crippen molar-refractivity contribution in [2.45, 2.75) is 25.5 Å². The van der Waals surface area contributed by atoms with Crippen molar-refractivity contribution in [3.05, 3.63) is 77.9 Å². The minimum atomic E-state index is -0.764. The Morgan fingerprint density at radius 3 is 2.59 bits per heavy atom. The van der Waals surface area contributed by atoms with Crippen LogP contribution >= 0.6 is 0 Å². The summed E-state index contributed by atoms with van der Waals surface area (Å²) in [7, 11) is 0. The van der Waals surface area contributed by atoms with Crippen LogP contribution < -0.4 is 0 Å². The molecule has 1 aliphatic heterocycles. The van der Waals surface area contributed by atoms with Gasteiger partial charge in [-0.1, -0.05) is 48.5 Å². The van der Waals surface area contributed by atoms with Gasteiger partial charge in [0.15, 0.2) is 12.4 Å². The van der Waals surface area contributed by atoms with Gasteiger partial charge in [-0.15, -0.1) is 0 Å². The van der Waals surface area contributed by atoms with E-state index in [1.54, 1.807) is 36.4 Å². The molecule has 3 aromatic rings. The van der Waals surface area contributed by atoms with Gasteiger partial charge in [-0.05, 0) is 42.0 Å². The summed E-state index contributed by atoms with van der Waals surface area (Å²) in [5, 5.41) is 11.2. The van der Waals surface area contributed by atoms with E-state index in [1.165, 1.54) is 4.90 Å². The summed E-state index contributed by atoms with van der Waals surface area (Å²) < 4.78 is 10.6. The third-order valence-electron chi connectivity index (χ3n) is 5.49. The molecule has 7 heteroatoms. The monoisotopic (exact) mass is 433 g/mol. The first-order valence-electron chi connectivity index (χ1n) is 10.4. The second kappa shape index (κ2) is 9.51. The largest absolute Gasteiger partial charge is 0.507 e. The first kappa shape index (κ1) is 21.4. The lowest BCUT2D eigenvalue weighted by Gasteiger charge is -2.22. The van der Waals surface area contributed by atoms with E-state index in [0.29, 0.717) is 35.7 Å². The van der Waals surface area contributed by atoms with Gasteiger partial charge in [-0.2, -0.15) is 0 Å². The van der Waals surface area contributed by atoms with Crippen LogP contribution in [0.4, 0.5) is 4.79 Å². The van der Waals surface area contributed by atoms with Gasteiger partial charge < -0.3 is 14.6 Å². The van der Waals surface area contributed by atoms with Gasteiger partial charge in [-0.25, -0.2) is 9.59 Å². The zero-order valence-electron chi connectivity index (χ0n) is 17.4. The number of phenolic OH excluding ortho intramolecular Hbond substituents is 1. The summed E-state index contributed by atoms with van der Waals surface area (Å²) in [5.74, 6) is -0.848. The number of fused-ring (bicyclic) bond motifs is 1. The molecule has 0 radical (unpaired) electrons. The van der Waals surface area contributed by atoms with E-state index in [9.17, 15) is 19.5 Å². The Hall–Kier alpha value is -3.87. The van der Waals surface area contributed by atoms with Crippen molar-refractivity contribution >= 4 is 28.6 Å². The van der Waals surface area contributed by atoms with Crippen LogP contribution in [0.25, 0.3) is 10.8 Å². The fourth-order valence-electron chi connectivity index (χ4n) is 3.79. The Bertz CT molecular complexity index is 1140. The molecule has 1 amide bonds. The fourth-order valence-corrected chi connectivity index (χ4v) is 3.79. The molecular formula is C25H23NO6. The van der Waals surface area contributed by atoms with Crippen LogP contribution in [0, 0.1) is 0 Å². The Morgan fingerprint density at radius 1 is 0.969 bits per heavy atom. The lowest BCUT2D eigenvalue weighted by Crippen LogP contribution is -2.42. The molecule has 1 atom stereocenters. The molecule has 1 aliphatic rings. The standard InChI is InChI=1S/C25H23NO6/c27-22-10-4-8-18-14-19(11-12-20(18)22)23(28)16-31-24(29)21-9-5-13-26(21)25(30)32-15-17-6-2-1-3-7-17/h1-4,6-8,10-12,14,21,27H,5,9,13,15-16H2. The minimum Gasteiger partial charge on any atom is -0.507 e. The van der Waals surface area contributed by atoms with Gasteiger partial charge in [0.1, 0.15) is 18.4 Å². The molecule has 1 saturated heterocycles. The van der Waals surface area contributed by atoms with Crippen molar-refractivity contribution in [3.63, 3.8) is 0 Å². The Morgan fingerprint density at radius 2 is 1.78 bits per heavy atom. The molecule has 1 unspecified atom stereocenters. The first-order valence-corrected chi connectivity index (χ1v) is 10.4. The highest BCUT2D eigenvalue weighted by Gasteiger charge is 2.36. The first-order chi connectivity index (χ1) is 15.5. The molecule has 1 N–H and O–H groups in total. The SMILES string of the molecule is O=C(COC(=O)C1CCCN1C(=O)OCc1ccccc1)c1ccc2c(O)cccc2c1. The zero-order valence-corrected chi connectivity index (χ0v) is 17.4. The predicted molar refractivity (Wildman–Crippen MR) is 117 cm³/mol. The van der Waals surface area contributed by atoms with Crippen LogP contribution in [0.3, 0.4) is 0 Å². The lowest BCUT2D eigenvalue weighted by molar-refractivity contribution is -0.147. The maximum atomic E-state index is 12.6. The number of hydrogen-bond donors (Lipinski definition) is 1. The number of nitrogens with zero attached hydrogens (tertiary/aromatic N) is 1. The molecule has 1 fully saturated rings. The Labute approximate surface area is 185 Å². The number of esters is 1. The van der Waals surface area contributed by atoms with Crippen molar-refractivity contribution < 1.29 is 29.0 Å². The van der Waals surface area contributed by atoms with Crippen molar-refractivity contribution in [1.29, 1.82) is 0 Å². The van der Waals surface area contributed by atoms with E-state index in [0.717, 1.165) is 5.56 Å². The molecule has 0 bridgehead atoms. The molecule has 0 aliphatic carbocycles. The highest BCUT2D eigenvalue weighted by atomic mass is 16.6. The lowest BCUT2D eigenvalue weighted by atomic mass is 10.0. The molecule has 0 saturated carbocycles. The molecule has 0 aromatic heterocycles.